The first-order valence-corrected chi connectivity index (χ1v) is 12.2. The number of ether oxygens (including phenoxy) is 2. The van der Waals surface area contributed by atoms with Gasteiger partial charge < -0.3 is 24.0 Å². The number of aliphatic hydroxyl groups is 1. The van der Waals surface area contributed by atoms with E-state index in [1.54, 1.807) is 20.9 Å². The first-order chi connectivity index (χ1) is 15.4. The Morgan fingerprint density at radius 1 is 1.12 bits per heavy atom. The summed E-state index contributed by atoms with van der Waals surface area (Å²) in [5.74, 6) is -1.57. The summed E-state index contributed by atoms with van der Waals surface area (Å²) >= 11 is 1.02. The Labute approximate surface area is 197 Å². The maximum atomic E-state index is 14.5. The lowest BCUT2D eigenvalue weighted by atomic mass is 10.1. The van der Waals surface area contributed by atoms with Gasteiger partial charge >= 0.3 is 12.1 Å². The summed E-state index contributed by atoms with van der Waals surface area (Å²) in [6.07, 6.45) is 1.06. The van der Waals surface area contributed by atoms with E-state index in [1.165, 1.54) is 15.7 Å². The molecule has 2 rings (SSSR count). The average molecular weight is 480 g/mol. The van der Waals surface area contributed by atoms with Gasteiger partial charge in [-0.1, -0.05) is 41.5 Å². The van der Waals surface area contributed by atoms with Crippen LogP contribution in [0.5, 0.6) is 0 Å². The molecule has 1 aromatic rings. The van der Waals surface area contributed by atoms with E-state index < -0.39 is 17.9 Å². The van der Waals surface area contributed by atoms with Gasteiger partial charge in [-0.2, -0.15) is 0 Å². The van der Waals surface area contributed by atoms with Gasteiger partial charge in [0.2, 0.25) is 0 Å². The molecule has 1 saturated heterocycles. The van der Waals surface area contributed by atoms with Crippen molar-refractivity contribution in [1.82, 2.24) is 14.2 Å². The highest BCUT2D eigenvalue weighted by Gasteiger charge is 2.36. The molecule has 0 aliphatic carbocycles. The first-order valence-electron chi connectivity index (χ1n) is 11.4. The number of rotatable bonds is 7. The highest BCUT2D eigenvalue weighted by molar-refractivity contribution is 7.97. The zero-order chi connectivity index (χ0) is 25.3. The third kappa shape index (κ3) is 9.38. The maximum absolute atomic E-state index is 14.5. The minimum absolute atomic E-state index is 0.112. The van der Waals surface area contributed by atoms with Gasteiger partial charge in [0.15, 0.2) is 11.5 Å². The van der Waals surface area contributed by atoms with Crippen LogP contribution in [-0.4, -0.2) is 65.6 Å². The van der Waals surface area contributed by atoms with Gasteiger partial charge in [-0.25, -0.2) is 14.0 Å². The van der Waals surface area contributed by atoms with Crippen LogP contribution in [0.3, 0.4) is 0 Å². The van der Waals surface area contributed by atoms with Crippen LogP contribution in [0.2, 0.25) is 0 Å². The maximum Gasteiger partial charge on any atom is 0.409 e. The fourth-order valence-electron chi connectivity index (χ4n) is 2.77. The second-order valence-corrected chi connectivity index (χ2v) is 6.74. The number of aromatic nitrogens is 1. The number of aryl methyl sites for hydroxylation is 1. The van der Waals surface area contributed by atoms with Crippen LogP contribution >= 0.6 is 11.9 Å². The molecule has 8 nitrogen and oxygen atoms in total. The predicted octanol–water partition coefficient (Wildman–Crippen LogP) is 4.47. The number of likely N-dealkylation sites (tertiary alicyclic amines) is 1. The minimum Gasteiger partial charge on any atom is -0.461 e. The first kappa shape index (κ1) is 32.4. The molecule has 1 aliphatic rings. The van der Waals surface area contributed by atoms with E-state index in [0.717, 1.165) is 11.9 Å². The van der Waals surface area contributed by atoms with Gasteiger partial charge in [0.25, 0.3) is 0 Å². The summed E-state index contributed by atoms with van der Waals surface area (Å²) in [5, 5.41) is 9.53. The molecule has 2 heterocycles. The number of halogens is 1. The zero-order valence-electron chi connectivity index (χ0n) is 21.0. The Hall–Kier alpha value is -1.78. The lowest BCUT2D eigenvalue weighted by molar-refractivity contribution is 0.0509. The number of nitrogens with zero attached hydrogens (tertiary/aromatic N) is 2. The molecular formula is C22H42FN3O5S. The fraction of sp³-hybridized carbons (Fsp3) is 0.727. The van der Waals surface area contributed by atoms with Crippen LogP contribution in [0.4, 0.5) is 9.18 Å². The second-order valence-electron chi connectivity index (χ2n) is 5.86. The molecule has 1 aromatic heterocycles. The smallest absolute Gasteiger partial charge is 0.409 e. The summed E-state index contributed by atoms with van der Waals surface area (Å²) in [6.45, 7) is 16.4. The topological polar surface area (TPSA) is 93.0 Å². The van der Waals surface area contributed by atoms with Crippen LogP contribution < -0.4 is 4.72 Å². The number of carbonyl (C=O) groups excluding carboxylic acids is 2. The molecule has 10 heteroatoms. The number of hydrogen-bond acceptors (Lipinski definition) is 7. The molecule has 0 spiro atoms. The molecule has 0 radical (unpaired) electrons. The van der Waals surface area contributed by atoms with Crippen LogP contribution in [0.1, 0.15) is 65.9 Å². The summed E-state index contributed by atoms with van der Waals surface area (Å²) in [6, 6.07) is -0.236. The number of nitrogens with one attached hydrogen (secondary N) is 1. The Balaban J connectivity index is 0. The number of esters is 1. The molecular weight excluding hydrogens is 437 g/mol. The van der Waals surface area contributed by atoms with Crippen molar-refractivity contribution >= 4 is 24.0 Å². The molecule has 2 N–H and O–H groups in total. The van der Waals surface area contributed by atoms with Crippen LogP contribution in [-0.2, 0) is 16.5 Å². The number of carbonyl (C=O) groups is 2. The van der Waals surface area contributed by atoms with Crippen molar-refractivity contribution in [3.8, 4) is 0 Å². The SMILES string of the molecule is CC.CC.CC.CCOC(=O)c1c(F)c(SNC2CN(C(=O)OCC)CC2CO)cn1C. The zero-order valence-corrected chi connectivity index (χ0v) is 21.8. The van der Waals surface area contributed by atoms with E-state index in [1.807, 2.05) is 41.5 Å². The van der Waals surface area contributed by atoms with Crippen molar-refractivity contribution in [2.45, 2.75) is 66.3 Å². The van der Waals surface area contributed by atoms with E-state index in [9.17, 15) is 19.1 Å². The minimum atomic E-state index is -0.720. The Morgan fingerprint density at radius 2 is 1.69 bits per heavy atom. The normalized spacial score (nSPS) is 16.5. The highest BCUT2D eigenvalue weighted by atomic mass is 32.2. The van der Waals surface area contributed by atoms with Crippen molar-refractivity contribution in [2.75, 3.05) is 32.9 Å². The quantitative estimate of drug-likeness (QED) is 0.440. The summed E-state index contributed by atoms with van der Waals surface area (Å²) < 4.78 is 28.8. The number of hydrogen-bond donors (Lipinski definition) is 2. The van der Waals surface area contributed by atoms with E-state index >= 15 is 0 Å². The van der Waals surface area contributed by atoms with Gasteiger partial charge in [-0.05, 0) is 25.8 Å². The second kappa shape index (κ2) is 18.8. The third-order valence-electron chi connectivity index (χ3n) is 4.08. The monoisotopic (exact) mass is 479 g/mol. The molecule has 2 unspecified atom stereocenters. The largest absolute Gasteiger partial charge is 0.461 e. The third-order valence-corrected chi connectivity index (χ3v) is 5.00. The van der Waals surface area contributed by atoms with Gasteiger partial charge in [0.05, 0.1) is 18.1 Å². The van der Waals surface area contributed by atoms with Crippen molar-refractivity contribution in [1.29, 1.82) is 0 Å². The van der Waals surface area contributed by atoms with E-state index in [0.29, 0.717) is 13.1 Å². The van der Waals surface area contributed by atoms with Crippen molar-refractivity contribution in [2.24, 2.45) is 13.0 Å². The van der Waals surface area contributed by atoms with Gasteiger partial charge in [0, 0.05) is 44.9 Å². The Morgan fingerprint density at radius 3 is 2.19 bits per heavy atom. The molecule has 1 fully saturated rings. The average Bonchev–Trinajstić information content (AvgIpc) is 3.36. The lowest BCUT2D eigenvalue weighted by Crippen LogP contribution is -2.34. The molecule has 188 valence electrons. The molecule has 1 amide bonds. The fourth-order valence-corrected chi connectivity index (χ4v) is 3.71. The molecule has 1 aliphatic heterocycles. The lowest BCUT2D eigenvalue weighted by Gasteiger charge is -2.16. The van der Waals surface area contributed by atoms with Crippen molar-refractivity contribution in [3.63, 3.8) is 0 Å². The van der Waals surface area contributed by atoms with Gasteiger partial charge in [-0.3, -0.25) is 4.72 Å². The summed E-state index contributed by atoms with van der Waals surface area (Å²) in [5.41, 5.74) is -0.144. The number of amides is 1. The van der Waals surface area contributed by atoms with Crippen LogP contribution in [0, 0.1) is 11.7 Å². The Bertz CT molecular complexity index is 658. The van der Waals surface area contributed by atoms with E-state index in [4.69, 9.17) is 9.47 Å². The van der Waals surface area contributed by atoms with E-state index in [-0.39, 0.29) is 42.4 Å². The molecule has 0 saturated carbocycles. The summed E-state index contributed by atoms with van der Waals surface area (Å²) in [7, 11) is 1.56. The van der Waals surface area contributed by atoms with Gasteiger partial charge in [-0.15, -0.1) is 0 Å². The van der Waals surface area contributed by atoms with Gasteiger partial charge in [0.1, 0.15) is 0 Å². The van der Waals surface area contributed by atoms with E-state index in [2.05, 4.69) is 4.72 Å². The van der Waals surface area contributed by atoms with Crippen molar-refractivity contribution in [3.05, 3.63) is 17.7 Å². The molecule has 2 atom stereocenters. The highest BCUT2D eigenvalue weighted by Crippen LogP contribution is 2.27. The number of aliphatic hydroxyl groups excluding tert-OH is 1. The predicted molar refractivity (Wildman–Crippen MR) is 127 cm³/mol. The summed E-state index contributed by atoms with van der Waals surface area (Å²) in [4.78, 5) is 25.4. The standard InChI is InChI=1S/C16H24FN3O5S.3C2H6/c1-4-24-15(22)14-13(17)12(8-19(14)3)26-18-11-7-20(6-10(11)9-21)16(23)25-5-2;3*1-2/h8,10-11,18,21H,4-7,9H2,1-3H3;3*1-2H3. The van der Waals surface area contributed by atoms with Crippen LogP contribution in [0.15, 0.2) is 11.1 Å². The van der Waals surface area contributed by atoms with Crippen LogP contribution in [0.25, 0.3) is 0 Å². The Kier molecular flexibility index (Phi) is 19.0. The molecule has 0 bridgehead atoms. The molecule has 32 heavy (non-hydrogen) atoms. The van der Waals surface area contributed by atoms with Crippen molar-refractivity contribution < 1.29 is 28.6 Å². The molecule has 0 aromatic carbocycles.